The van der Waals surface area contributed by atoms with Crippen LogP contribution in [0.25, 0.3) is 11.1 Å². The molecule has 4 heteroatoms. The summed E-state index contributed by atoms with van der Waals surface area (Å²) in [6, 6.07) is 10.8. The van der Waals surface area contributed by atoms with Crippen molar-refractivity contribution < 1.29 is 15.2 Å². The average Bonchev–Trinajstić information content (AvgIpc) is 2.33. The van der Waals surface area contributed by atoms with Crippen molar-refractivity contribution in [1.82, 2.24) is 0 Å². The molecule has 2 rings (SSSR count). The number of aromatic hydroxyl groups is 1. The fourth-order valence-corrected chi connectivity index (χ4v) is 2.10. The predicted octanol–water partition coefficient (Wildman–Crippen LogP) is 1.36. The van der Waals surface area contributed by atoms with Crippen LogP contribution in [0.15, 0.2) is 36.4 Å². The molecule has 0 unspecified atom stereocenters. The first-order valence-corrected chi connectivity index (χ1v) is 5.77. The maximum atomic E-state index is 10.1. The van der Waals surface area contributed by atoms with Gasteiger partial charge in [0.05, 0.1) is 0 Å². The van der Waals surface area contributed by atoms with Crippen LogP contribution in [0.3, 0.4) is 0 Å². The smallest absolute Gasteiger partial charge is 0.488 e. The van der Waals surface area contributed by atoms with E-state index >= 15 is 0 Å². The molecule has 0 aliphatic carbocycles. The molecule has 18 heavy (non-hydrogen) atoms. The van der Waals surface area contributed by atoms with E-state index in [1.165, 1.54) is 0 Å². The maximum Gasteiger partial charge on any atom is 0.488 e. The quantitative estimate of drug-likeness (QED) is 0.697. The van der Waals surface area contributed by atoms with Crippen LogP contribution in [0.4, 0.5) is 0 Å². The van der Waals surface area contributed by atoms with Crippen molar-refractivity contribution in [2.75, 3.05) is 0 Å². The van der Waals surface area contributed by atoms with E-state index in [0.29, 0.717) is 11.0 Å². The molecule has 0 fully saturated rings. The fraction of sp³-hybridized carbons (Fsp3) is 0.143. The zero-order valence-electron chi connectivity index (χ0n) is 10.4. The van der Waals surface area contributed by atoms with Gasteiger partial charge in [0, 0.05) is 5.56 Å². The molecule has 0 bridgehead atoms. The van der Waals surface area contributed by atoms with E-state index < -0.39 is 7.12 Å². The Hall–Kier alpha value is -1.78. The zero-order chi connectivity index (χ0) is 13.3. The highest BCUT2D eigenvalue weighted by molar-refractivity contribution is 6.59. The van der Waals surface area contributed by atoms with Crippen molar-refractivity contribution in [2.45, 2.75) is 13.8 Å². The third-order valence-corrected chi connectivity index (χ3v) is 3.18. The molecule has 92 valence electrons. The number of hydrogen-bond donors (Lipinski definition) is 3. The molecule has 0 saturated carbocycles. The van der Waals surface area contributed by atoms with Gasteiger partial charge in [0.1, 0.15) is 5.75 Å². The van der Waals surface area contributed by atoms with E-state index in [1.54, 1.807) is 12.1 Å². The normalized spacial score (nSPS) is 10.4. The molecule has 0 aromatic heterocycles. The third kappa shape index (κ3) is 2.12. The molecule has 0 radical (unpaired) electrons. The van der Waals surface area contributed by atoms with Gasteiger partial charge >= 0.3 is 7.12 Å². The number of phenolic OH excluding ortho intramolecular Hbond substituents is 1. The van der Waals surface area contributed by atoms with Crippen LogP contribution in [0, 0.1) is 13.8 Å². The molecule has 0 atom stereocenters. The predicted molar refractivity (Wildman–Crippen MR) is 72.8 cm³/mol. The van der Waals surface area contributed by atoms with Gasteiger partial charge in [-0.3, -0.25) is 0 Å². The van der Waals surface area contributed by atoms with Crippen LogP contribution in [0.2, 0.25) is 0 Å². The van der Waals surface area contributed by atoms with Crippen molar-refractivity contribution >= 4 is 12.6 Å². The monoisotopic (exact) mass is 242 g/mol. The van der Waals surface area contributed by atoms with Crippen LogP contribution in [0.5, 0.6) is 5.75 Å². The molecule has 0 saturated heterocycles. The second-order valence-corrected chi connectivity index (χ2v) is 4.36. The van der Waals surface area contributed by atoms with Crippen molar-refractivity contribution in [1.29, 1.82) is 0 Å². The van der Waals surface area contributed by atoms with Gasteiger partial charge in [-0.25, -0.2) is 0 Å². The number of phenols is 1. The van der Waals surface area contributed by atoms with Gasteiger partial charge in [-0.05, 0) is 36.0 Å². The van der Waals surface area contributed by atoms with E-state index in [4.69, 9.17) is 0 Å². The lowest BCUT2D eigenvalue weighted by atomic mass is 9.75. The van der Waals surface area contributed by atoms with Crippen molar-refractivity contribution in [3.8, 4) is 16.9 Å². The van der Waals surface area contributed by atoms with Gasteiger partial charge in [-0.2, -0.15) is 0 Å². The zero-order valence-corrected chi connectivity index (χ0v) is 10.4. The molecule has 0 aliphatic heterocycles. The number of para-hydroxylation sites is 1. The summed E-state index contributed by atoms with van der Waals surface area (Å²) < 4.78 is 0. The second kappa shape index (κ2) is 4.84. The van der Waals surface area contributed by atoms with Gasteiger partial charge in [-0.15, -0.1) is 0 Å². The minimum atomic E-state index is -1.50. The first-order chi connectivity index (χ1) is 8.52. The number of hydrogen-bond acceptors (Lipinski definition) is 3. The van der Waals surface area contributed by atoms with Crippen LogP contribution in [0.1, 0.15) is 11.1 Å². The fourth-order valence-electron chi connectivity index (χ4n) is 2.10. The molecule has 0 amide bonds. The molecule has 0 aliphatic rings. The lowest BCUT2D eigenvalue weighted by Gasteiger charge is -2.13. The maximum absolute atomic E-state index is 10.1. The molecule has 0 spiro atoms. The minimum absolute atomic E-state index is 0.227. The standard InChI is InChI=1S/C14H15BO3/c1-9-5-3-7-12(14(9)16)11-6-4-8-13(10(11)2)15(17)18/h3-8,16-18H,1-2H3. The summed E-state index contributed by atoms with van der Waals surface area (Å²) in [6.45, 7) is 3.64. The summed E-state index contributed by atoms with van der Waals surface area (Å²) in [5, 5.41) is 28.7. The Labute approximate surface area is 106 Å². The summed E-state index contributed by atoms with van der Waals surface area (Å²) >= 11 is 0. The van der Waals surface area contributed by atoms with Crippen LogP contribution >= 0.6 is 0 Å². The Bertz CT molecular complexity index is 579. The molecule has 2 aromatic rings. The average molecular weight is 242 g/mol. The Morgan fingerprint density at radius 2 is 1.50 bits per heavy atom. The molecule has 3 nitrogen and oxygen atoms in total. The highest BCUT2D eigenvalue weighted by atomic mass is 16.4. The van der Waals surface area contributed by atoms with E-state index in [0.717, 1.165) is 16.7 Å². The van der Waals surface area contributed by atoms with E-state index in [1.807, 2.05) is 38.1 Å². The molecular weight excluding hydrogens is 227 g/mol. The molecular formula is C14H15BO3. The first kappa shape index (κ1) is 12.7. The Balaban J connectivity index is 2.65. The van der Waals surface area contributed by atoms with Crippen molar-refractivity contribution in [3.05, 3.63) is 47.5 Å². The lowest BCUT2D eigenvalue weighted by molar-refractivity contribution is 0.425. The van der Waals surface area contributed by atoms with Gasteiger partial charge in [0.15, 0.2) is 0 Å². The second-order valence-electron chi connectivity index (χ2n) is 4.36. The Kier molecular flexibility index (Phi) is 3.41. The lowest BCUT2D eigenvalue weighted by Crippen LogP contribution is -2.32. The van der Waals surface area contributed by atoms with E-state index in [-0.39, 0.29) is 5.75 Å². The summed E-state index contributed by atoms with van der Waals surface area (Å²) in [5.74, 6) is 0.227. The Morgan fingerprint density at radius 1 is 0.889 bits per heavy atom. The molecule has 0 heterocycles. The number of aryl methyl sites for hydroxylation is 1. The topological polar surface area (TPSA) is 60.7 Å². The van der Waals surface area contributed by atoms with Crippen molar-refractivity contribution in [3.63, 3.8) is 0 Å². The summed E-state index contributed by atoms with van der Waals surface area (Å²) in [6.07, 6.45) is 0. The number of rotatable bonds is 2. The van der Waals surface area contributed by atoms with Gasteiger partial charge in [0.2, 0.25) is 0 Å². The van der Waals surface area contributed by atoms with E-state index in [2.05, 4.69) is 0 Å². The van der Waals surface area contributed by atoms with Crippen LogP contribution in [-0.4, -0.2) is 22.3 Å². The summed E-state index contributed by atoms with van der Waals surface area (Å²) in [7, 11) is -1.50. The van der Waals surface area contributed by atoms with Gasteiger partial charge in [-0.1, -0.05) is 36.4 Å². The van der Waals surface area contributed by atoms with Gasteiger partial charge < -0.3 is 15.2 Å². The Morgan fingerprint density at radius 3 is 2.17 bits per heavy atom. The number of benzene rings is 2. The van der Waals surface area contributed by atoms with Crippen molar-refractivity contribution in [2.24, 2.45) is 0 Å². The summed E-state index contributed by atoms with van der Waals surface area (Å²) in [4.78, 5) is 0. The SMILES string of the molecule is Cc1cccc(-c2cccc(B(O)O)c2C)c1O. The molecule has 2 aromatic carbocycles. The molecule has 3 N–H and O–H groups in total. The first-order valence-electron chi connectivity index (χ1n) is 5.77. The van der Waals surface area contributed by atoms with Gasteiger partial charge in [0.25, 0.3) is 0 Å². The highest BCUT2D eigenvalue weighted by Gasteiger charge is 2.17. The minimum Gasteiger partial charge on any atom is -0.507 e. The van der Waals surface area contributed by atoms with Crippen LogP contribution in [-0.2, 0) is 0 Å². The third-order valence-electron chi connectivity index (χ3n) is 3.18. The van der Waals surface area contributed by atoms with Crippen LogP contribution < -0.4 is 5.46 Å². The van der Waals surface area contributed by atoms with E-state index in [9.17, 15) is 15.2 Å². The largest absolute Gasteiger partial charge is 0.507 e. The highest BCUT2D eigenvalue weighted by Crippen LogP contribution is 2.32. The summed E-state index contributed by atoms with van der Waals surface area (Å²) in [5.41, 5.74) is 3.51.